The Balaban J connectivity index is 2.99. The number of nitrogens with one attached hydrogen (secondary N) is 1. The van der Waals surface area contributed by atoms with Crippen molar-refractivity contribution in [1.29, 1.82) is 0 Å². The van der Waals surface area contributed by atoms with Crippen LogP contribution in [-0.2, 0) is 10.0 Å². The zero-order valence-electron chi connectivity index (χ0n) is 10.4. The molecule has 1 N–H and O–H groups in total. The maximum Gasteiger partial charge on any atom is 0.268 e. The maximum absolute atomic E-state index is 12.0. The first-order valence-corrected chi connectivity index (χ1v) is 9.62. The van der Waals surface area contributed by atoms with Crippen molar-refractivity contribution in [3.63, 3.8) is 0 Å². The first-order chi connectivity index (χ1) is 7.06. The van der Waals surface area contributed by atoms with Crippen LogP contribution in [-0.4, -0.2) is 16.7 Å². The van der Waals surface area contributed by atoms with Crippen LogP contribution in [0.2, 0.25) is 18.1 Å². The Labute approximate surface area is 98.2 Å². The van der Waals surface area contributed by atoms with E-state index in [1.807, 2.05) is 33.9 Å². The number of sulfonamides is 1. The van der Waals surface area contributed by atoms with Crippen LogP contribution in [0.4, 0.5) is 0 Å². The molecule has 0 atom stereocenters. The van der Waals surface area contributed by atoms with E-state index in [1.54, 1.807) is 6.07 Å². The van der Waals surface area contributed by atoms with Gasteiger partial charge in [-0.05, 0) is 17.2 Å². The summed E-state index contributed by atoms with van der Waals surface area (Å²) in [5.41, 5.74) is 0. The molecular weight excluding hydrogens is 242 g/mol. The Morgan fingerprint density at radius 2 is 1.88 bits per heavy atom. The molecule has 0 fully saturated rings. The van der Waals surface area contributed by atoms with E-state index in [9.17, 15) is 8.42 Å². The predicted molar refractivity (Wildman–Crippen MR) is 66.2 cm³/mol. The van der Waals surface area contributed by atoms with Gasteiger partial charge in [0.05, 0.1) is 6.26 Å². The highest BCUT2D eigenvalue weighted by Crippen LogP contribution is 2.34. The molecule has 0 aliphatic carbocycles. The summed E-state index contributed by atoms with van der Waals surface area (Å²) in [7, 11) is -5.61. The van der Waals surface area contributed by atoms with Gasteiger partial charge in [0, 0.05) is 0 Å². The Morgan fingerprint density at radius 3 is 2.25 bits per heavy atom. The van der Waals surface area contributed by atoms with Gasteiger partial charge in [-0.1, -0.05) is 33.9 Å². The molecule has 1 aromatic heterocycles. The summed E-state index contributed by atoms with van der Waals surface area (Å²) < 4.78 is 31.7. The smallest absolute Gasteiger partial charge is 0.268 e. The van der Waals surface area contributed by atoms with Crippen LogP contribution in [0.1, 0.15) is 20.8 Å². The van der Waals surface area contributed by atoms with E-state index in [0.717, 1.165) is 0 Å². The molecule has 0 aliphatic heterocycles. The average Bonchev–Trinajstić information content (AvgIpc) is 2.50. The van der Waals surface area contributed by atoms with E-state index in [-0.39, 0.29) is 10.1 Å². The lowest BCUT2D eigenvalue weighted by atomic mass is 10.2. The fraction of sp³-hybridized carbons (Fsp3) is 0.600. The first-order valence-electron chi connectivity index (χ1n) is 5.14. The Morgan fingerprint density at radius 1 is 1.31 bits per heavy atom. The summed E-state index contributed by atoms with van der Waals surface area (Å²) in [6.07, 6.45) is 1.36. The van der Waals surface area contributed by atoms with Gasteiger partial charge in [0.2, 0.25) is 5.09 Å². The van der Waals surface area contributed by atoms with Gasteiger partial charge < -0.3 is 4.42 Å². The fourth-order valence-electron chi connectivity index (χ4n) is 0.956. The van der Waals surface area contributed by atoms with E-state index in [2.05, 4.69) is 4.39 Å². The normalized spacial score (nSPS) is 14.1. The van der Waals surface area contributed by atoms with Crippen LogP contribution in [0.15, 0.2) is 27.9 Å². The summed E-state index contributed by atoms with van der Waals surface area (Å²) in [5, 5.41) is -0.0653. The van der Waals surface area contributed by atoms with Crippen LogP contribution in [0, 0.1) is 0 Å². The van der Waals surface area contributed by atoms with Gasteiger partial charge in [-0.3, -0.25) is 0 Å². The van der Waals surface area contributed by atoms with Crippen LogP contribution in [0.3, 0.4) is 0 Å². The number of hydrogen-bond donors (Lipinski definition) is 1. The summed E-state index contributed by atoms with van der Waals surface area (Å²) in [6, 6.07) is 3.02. The number of rotatable bonds is 3. The lowest BCUT2D eigenvalue weighted by molar-refractivity contribution is 0.448. The summed E-state index contributed by atoms with van der Waals surface area (Å²) >= 11 is 0. The summed E-state index contributed by atoms with van der Waals surface area (Å²) in [6.45, 7) is 10.1. The van der Waals surface area contributed by atoms with E-state index in [0.29, 0.717) is 0 Å². The molecule has 0 saturated heterocycles. The summed E-state index contributed by atoms with van der Waals surface area (Å²) in [5.74, 6) is 0. The molecule has 0 aliphatic rings. The molecule has 92 valence electrons. The molecule has 0 spiro atoms. The highest BCUT2D eigenvalue weighted by atomic mass is 32.2. The van der Waals surface area contributed by atoms with Gasteiger partial charge in [-0.15, -0.1) is 0 Å². The van der Waals surface area contributed by atoms with Crippen LogP contribution >= 0.6 is 0 Å². The van der Waals surface area contributed by atoms with Gasteiger partial charge in [-0.2, -0.15) is 0 Å². The largest absolute Gasteiger partial charge is 0.452 e. The zero-order chi connectivity index (χ0) is 12.6. The second kappa shape index (κ2) is 4.01. The monoisotopic (exact) mass is 261 g/mol. The van der Waals surface area contributed by atoms with Gasteiger partial charge in [0.15, 0.2) is 0 Å². The standard InChI is InChI=1S/C10H19NO3SSi/c1-10(2,3)16(4,5)11-15(12,13)9-7-6-8-14-9/h6-8,11H,1-5H3. The van der Waals surface area contributed by atoms with Gasteiger partial charge in [0.1, 0.15) is 8.24 Å². The molecule has 1 heterocycles. The molecule has 0 bridgehead atoms. The van der Waals surface area contributed by atoms with Crippen LogP contribution in [0.25, 0.3) is 0 Å². The summed E-state index contributed by atoms with van der Waals surface area (Å²) in [4.78, 5) is 0. The minimum absolute atomic E-state index is 0.0164. The highest BCUT2D eigenvalue weighted by molar-refractivity contribution is 7.90. The van der Waals surface area contributed by atoms with Crippen molar-refractivity contribution in [2.75, 3.05) is 0 Å². The lowest BCUT2D eigenvalue weighted by Crippen LogP contribution is -2.54. The van der Waals surface area contributed by atoms with Crippen molar-refractivity contribution in [3.05, 3.63) is 18.4 Å². The topological polar surface area (TPSA) is 59.3 Å². The molecule has 1 rings (SSSR count). The van der Waals surface area contributed by atoms with E-state index < -0.39 is 18.3 Å². The van der Waals surface area contributed by atoms with Crippen molar-refractivity contribution in [1.82, 2.24) is 4.39 Å². The Bertz CT molecular complexity index is 443. The zero-order valence-corrected chi connectivity index (χ0v) is 12.2. The maximum atomic E-state index is 12.0. The van der Waals surface area contributed by atoms with Crippen LogP contribution in [0.5, 0.6) is 0 Å². The van der Waals surface area contributed by atoms with Crippen molar-refractivity contribution < 1.29 is 12.8 Å². The van der Waals surface area contributed by atoms with Gasteiger partial charge >= 0.3 is 0 Å². The SMILES string of the molecule is CC(C)(C)[Si](C)(C)NS(=O)(=O)c1ccco1. The molecule has 16 heavy (non-hydrogen) atoms. The number of hydrogen-bond acceptors (Lipinski definition) is 3. The molecule has 0 radical (unpaired) electrons. The van der Waals surface area contributed by atoms with Crippen molar-refractivity contribution in [2.24, 2.45) is 0 Å². The second-order valence-corrected chi connectivity index (χ2v) is 12.4. The van der Waals surface area contributed by atoms with E-state index >= 15 is 0 Å². The minimum Gasteiger partial charge on any atom is -0.452 e. The molecule has 6 heteroatoms. The van der Waals surface area contributed by atoms with Gasteiger partial charge in [0.25, 0.3) is 10.0 Å². The average molecular weight is 261 g/mol. The van der Waals surface area contributed by atoms with Crippen molar-refractivity contribution >= 4 is 18.3 Å². The van der Waals surface area contributed by atoms with Crippen LogP contribution < -0.4 is 4.39 Å². The lowest BCUT2D eigenvalue weighted by Gasteiger charge is -2.36. The van der Waals surface area contributed by atoms with E-state index in [1.165, 1.54) is 12.3 Å². The third-order valence-corrected chi connectivity index (χ3v) is 10.7. The first kappa shape index (κ1) is 13.5. The quantitative estimate of drug-likeness (QED) is 0.851. The Kier molecular flexibility index (Phi) is 3.38. The fourth-order valence-corrected chi connectivity index (χ4v) is 5.71. The molecule has 0 saturated carbocycles. The molecule has 4 nitrogen and oxygen atoms in total. The molecule has 1 aromatic rings. The van der Waals surface area contributed by atoms with Gasteiger partial charge in [-0.25, -0.2) is 12.8 Å². The third kappa shape index (κ3) is 2.75. The molecule has 0 amide bonds. The predicted octanol–water partition coefficient (Wildman–Crippen LogP) is 2.56. The third-order valence-electron chi connectivity index (χ3n) is 3.02. The Hall–Kier alpha value is -0.593. The van der Waals surface area contributed by atoms with E-state index in [4.69, 9.17) is 4.42 Å². The second-order valence-electron chi connectivity index (χ2n) is 5.41. The molecule has 0 unspecified atom stereocenters. The van der Waals surface area contributed by atoms with Crippen molar-refractivity contribution in [2.45, 2.75) is 44.0 Å². The van der Waals surface area contributed by atoms with Crippen molar-refractivity contribution in [3.8, 4) is 0 Å². The molecule has 0 aromatic carbocycles. The highest BCUT2D eigenvalue weighted by Gasteiger charge is 2.40. The molecular formula is C10H19NO3SSi. The number of furan rings is 1. The minimum atomic E-state index is -3.51.